The maximum Gasteiger partial charge on any atom is 0.300 e. The lowest BCUT2D eigenvalue weighted by molar-refractivity contribution is 0.580. The molecule has 10 heteroatoms. The van der Waals surface area contributed by atoms with Gasteiger partial charge in [0.2, 0.25) is 5.95 Å². The Morgan fingerprint density at radius 3 is 2.80 bits per heavy atom. The molecule has 0 amide bonds. The summed E-state index contributed by atoms with van der Waals surface area (Å²) in [6.45, 7) is 0. The number of halogens is 2. The Hall–Kier alpha value is -0.760. The van der Waals surface area contributed by atoms with Crippen molar-refractivity contribution in [3.05, 3.63) is 27.8 Å². The third-order valence-electron chi connectivity index (χ3n) is 2.51. The Morgan fingerprint density at radius 1 is 1.35 bits per heavy atom. The molecule has 5 N–H and O–H groups in total. The Labute approximate surface area is 131 Å². The monoisotopic (exact) mass is 391 g/mol. The summed E-state index contributed by atoms with van der Waals surface area (Å²) in [7, 11) is -3.47. The molecule has 20 heavy (non-hydrogen) atoms. The minimum atomic E-state index is -3.47. The van der Waals surface area contributed by atoms with Crippen molar-refractivity contribution in [2.45, 2.75) is 0 Å². The van der Waals surface area contributed by atoms with Gasteiger partial charge in [-0.15, -0.1) is 11.3 Å². The molecule has 0 aliphatic carbocycles. The molecule has 6 nitrogen and oxygen atoms in total. The first-order valence-corrected chi connectivity index (χ1v) is 9.17. The van der Waals surface area contributed by atoms with Crippen LogP contribution >= 0.6 is 46.5 Å². The standard InChI is InChI=1S/C10H8BrClN5OPS/c11-4-1-2-5-6(3-4)20-8-7(5)15-10(16-9(8)12)17-19(13,14)18/h1-3H,(H5,13,14,15,16,17,18). The van der Waals surface area contributed by atoms with E-state index < -0.39 is 7.59 Å². The lowest BCUT2D eigenvalue weighted by Gasteiger charge is -2.08. The Bertz CT molecular complexity index is 879. The molecule has 0 spiro atoms. The highest BCUT2D eigenvalue weighted by atomic mass is 79.9. The second-order valence-corrected chi connectivity index (χ2v) is 8.05. The zero-order chi connectivity index (χ0) is 14.5. The lowest BCUT2D eigenvalue weighted by atomic mass is 10.2. The molecule has 0 saturated carbocycles. The van der Waals surface area contributed by atoms with Crippen LogP contribution in [0.2, 0.25) is 5.15 Å². The maximum absolute atomic E-state index is 11.4. The van der Waals surface area contributed by atoms with E-state index in [9.17, 15) is 4.57 Å². The largest absolute Gasteiger partial charge is 0.300 e. The molecule has 104 valence electrons. The highest BCUT2D eigenvalue weighted by Gasteiger charge is 2.16. The molecule has 0 bridgehead atoms. The number of thiophene rings is 1. The summed E-state index contributed by atoms with van der Waals surface area (Å²) in [6.07, 6.45) is 0. The minimum absolute atomic E-state index is 0.0541. The van der Waals surface area contributed by atoms with Crippen LogP contribution in [0.3, 0.4) is 0 Å². The topological polar surface area (TPSA) is 107 Å². The number of fused-ring (bicyclic) bond motifs is 3. The van der Waals surface area contributed by atoms with Gasteiger partial charge in [-0.1, -0.05) is 33.6 Å². The molecule has 2 heterocycles. The third-order valence-corrected chi connectivity index (χ3v) is 5.09. The highest BCUT2D eigenvalue weighted by Crippen LogP contribution is 2.38. The molecule has 0 atom stereocenters. The van der Waals surface area contributed by atoms with Gasteiger partial charge >= 0.3 is 0 Å². The molecule has 0 saturated heterocycles. The van der Waals surface area contributed by atoms with Gasteiger partial charge in [0.1, 0.15) is 0 Å². The summed E-state index contributed by atoms with van der Waals surface area (Å²) in [5.41, 5.74) is 11.2. The van der Waals surface area contributed by atoms with Crippen molar-refractivity contribution in [1.82, 2.24) is 9.97 Å². The molecular weight excluding hydrogens is 385 g/mol. The molecule has 1 aromatic carbocycles. The van der Waals surface area contributed by atoms with Gasteiger partial charge in [-0.05, 0) is 12.1 Å². The van der Waals surface area contributed by atoms with Crippen LogP contribution in [-0.4, -0.2) is 9.97 Å². The van der Waals surface area contributed by atoms with Crippen molar-refractivity contribution in [2.75, 3.05) is 5.09 Å². The van der Waals surface area contributed by atoms with Gasteiger partial charge < -0.3 is 0 Å². The molecule has 3 rings (SSSR count). The highest BCUT2D eigenvalue weighted by molar-refractivity contribution is 9.10. The van der Waals surface area contributed by atoms with Crippen molar-refractivity contribution in [2.24, 2.45) is 11.0 Å². The second-order valence-electron chi connectivity index (χ2n) is 4.08. The number of hydrogen-bond donors (Lipinski definition) is 3. The van der Waals surface area contributed by atoms with Gasteiger partial charge in [-0.25, -0.2) is 4.98 Å². The summed E-state index contributed by atoms with van der Waals surface area (Å²) in [5, 5.41) is 3.58. The van der Waals surface area contributed by atoms with Crippen molar-refractivity contribution >= 4 is 72.7 Å². The molecule has 0 unspecified atom stereocenters. The van der Waals surface area contributed by atoms with Crippen LogP contribution in [0.4, 0.5) is 5.95 Å². The normalized spacial score (nSPS) is 12.2. The molecular formula is C10H8BrClN5OPS. The molecule has 2 aromatic heterocycles. The summed E-state index contributed by atoms with van der Waals surface area (Å²) < 4.78 is 14.1. The van der Waals surface area contributed by atoms with Crippen LogP contribution in [0.15, 0.2) is 22.7 Å². The summed E-state index contributed by atoms with van der Waals surface area (Å²) >= 11 is 11.0. The molecule has 0 fully saturated rings. The Morgan fingerprint density at radius 2 is 2.10 bits per heavy atom. The fraction of sp³-hybridized carbons (Fsp3) is 0. The lowest BCUT2D eigenvalue weighted by Crippen LogP contribution is -2.14. The molecule has 0 radical (unpaired) electrons. The third kappa shape index (κ3) is 2.67. The average Bonchev–Trinajstić information content (AvgIpc) is 2.65. The van der Waals surface area contributed by atoms with Crippen LogP contribution in [-0.2, 0) is 4.57 Å². The molecule has 0 aliphatic rings. The zero-order valence-corrected chi connectivity index (χ0v) is 13.9. The van der Waals surface area contributed by atoms with E-state index in [1.165, 1.54) is 11.3 Å². The van der Waals surface area contributed by atoms with E-state index in [0.717, 1.165) is 19.3 Å². The Kier molecular flexibility index (Phi) is 3.48. The van der Waals surface area contributed by atoms with Crippen LogP contribution in [0.5, 0.6) is 0 Å². The van der Waals surface area contributed by atoms with Gasteiger partial charge in [-0.2, -0.15) is 4.98 Å². The first-order chi connectivity index (χ1) is 9.33. The van der Waals surface area contributed by atoms with Crippen molar-refractivity contribution in [3.8, 4) is 0 Å². The maximum atomic E-state index is 11.4. The van der Waals surface area contributed by atoms with E-state index in [4.69, 9.17) is 22.6 Å². The van der Waals surface area contributed by atoms with Crippen molar-refractivity contribution < 1.29 is 4.57 Å². The number of anilines is 1. The Balaban J connectivity index is 2.29. The predicted octanol–water partition coefficient (Wildman–Crippen LogP) is 3.70. The zero-order valence-electron chi connectivity index (χ0n) is 9.80. The van der Waals surface area contributed by atoms with Crippen LogP contribution in [0.25, 0.3) is 20.3 Å². The van der Waals surface area contributed by atoms with E-state index in [1.807, 2.05) is 18.2 Å². The summed E-state index contributed by atoms with van der Waals surface area (Å²) in [5.74, 6) is 0.0541. The molecule has 3 aromatic rings. The van der Waals surface area contributed by atoms with Crippen molar-refractivity contribution in [1.29, 1.82) is 0 Å². The van der Waals surface area contributed by atoms with Crippen molar-refractivity contribution in [3.63, 3.8) is 0 Å². The van der Waals surface area contributed by atoms with Crippen LogP contribution < -0.4 is 16.1 Å². The number of nitrogens with two attached hydrogens (primary N) is 2. The second kappa shape index (κ2) is 4.91. The predicted molar refractivity (Wildman–Crippen MR) is 87.2 cm³/mol. The number of nitrogens with one attached hydrogen (secondary N) is 1. The van der Waals surface area contributed by atoms with Gasteiger partial charge in [0, 0.05) is 14.6 Å². The number of hydrogen-bond acceptors (Lipinski definition) is 4. The van der Waals surface area contributed by atoms with Gasteiger partial charge in [0.15, 0.2) is 5.15 Å². The quantitative estimate of drug-likeness (QED) is 0.453. The minimum Gasteiger partial charge on any atom is -0.281 e. The van der Waals surface area contributed by atoms with E-state index in [1.54, 1.807) is 0 Å². The summed E-state index contributed by atoms with van der Waals surface area (Å²) in [6, 6.07) is 5.81. The van der Waals surface area contributed by atoms with Crippen LogP contribution in [0, 0.1) is 0 Å². The van der Waals surface area contributed by atoms with Crippen LogP contribution in [0.1, 0.15) is 0 Å². The average molecular weight is 393 g/mol. The number of aromatic nitrogens is 2. The summed E-state index contributed by atoms with van der Waals surface area (Å²) in [4.78, 5) is 8.31. The number of rotatable bonds is 2. The fourth-order valence-corrected chi connectivity index (χ4v) is 4.06. The van der Waals surface area contributed by atoms with Gasteiger partial charge in [0.25, 0.3) is 7.59 Å². The van der Waals surface area contributed by atoms with Gasteiger partial charge in [0.05, 0.1) is 10.2 Å². The SMILES string of the molecule is NP(N)(=O)Nc1nc(Cl)c2sc3cc(Br)ccc3c2n1. The van der Waals surface area contributed by atoms with Gasteiger partial charge in [-0.3, -0.25) is 20.7 Å². The fourth-order valence-electron chi connectivity index (χ4n) is 1.79. The smallest absolute Gasteiger partial charge is 0.281 e. The van der Waals surface area contributed by atoms with E-state index >= 15 is 0 Å². The van der Waals surface area contributed by atoms with E-state index in [-0.39, 0.29) is 11.1 Å². The van der Waals surface area contributed by atoms with E-state index in [0.29, 0.717) is 5.52 Å². The van der Waals surface area contributed by atoms with E-state index in [2.05, 4.69) is 31.0 Å². The molecule has 0 aliphatic heterocycles. The first-order valence-electron chi connectivity index (χ1n) is 5.34. The first kappa shape index (κ1) is 14.2. The number of benzene rings is 1. The number of nitrogens with zero attached hydrogens (tertiary/aromatic N) is 2.